The highest BCUT2D eigenvalue weighted by atomic mass is 14.8. The van der Waals surface area contributed by atoms with Crippen molar-refractivity contribution in [1.29, 1.82) is 0 Å². The second-order valence-corrected chi connectivity index (χ2v) is 3.98. The highest BCUT2D eigenvalue weighted by Gasteiger charge is 2.38. The summed E-state index contributed by atoms with van der Waals surface area (Å²) in [5, 5.41) is 1.26. The van der Waals surface area contributed by atoms with Crippen LogP contribution >= 0.6 is 0 Å². The van der Waals surface area contributed by atoms with Gasteiger partial charge in [0.15, 0.2) is 0 Å². The van der Waals surface area contributed by atoms with Crippen molar-refractivity contribution in [2.24, 2.45) is 11.7 Å². The van der Waals surface area contributed by atoms with Gasteiger partial charge in [-0.3, -0.25) is 0 Å². The van der Waals surface area contributed by atoms with E-state index in [0.717, 1.165) is 12.2 Å². The number of nitrogens with zero attached hydrogens (tertiary/aromatic N) is 1. The standard InChI is InChI=1S/C11H13N3/c12-5-7-4-9(7)10-6-14-11-8(10)2-1-3-13-11/h1-3,6-7,9H,4-5,12H2,(H,13,14)/t7-,9+/m0/s1. The van der Waals surface area contributed by atoms with Crippen molar-refractivity contribution < 1.29 is 0 Å². The maximum Gasteiger partial charge on any atom is 0.137 e. The molecule has 2 heterocycles. The average Bonchev–Trinajstić information content (AvgIpc) is 2.90. The van der Waals surface area contributed by atoms with E-state index in [9.17, 15) is 0 Å². The molecular weight excluding hydrogens is 174 g/mol. The van der Waals surface area contributed by atoms with Crippen molar-refractivity contribution in [1.82, 2.24) is 9.97 Å². The fourth-order valence-electron chi connectivity index (χ4n) is 2.17. The number of hydrogen-bond acceptors (Lipinski definition) is 2. The van der Waals surface area contributed by atoms with Crippen LogP contribution in [0.15, 0.2) is 24.5 Å². The predicted octanol–water partition coefficient (Wildman–Crippen LogP) is 1.63. The number of rotatable bonds is 2. The van der Waals surface area contributed by atoms with E-state index in [2.05, 4.69) is 22.2 Å². The summed E-state index contributed by atoms with van der Waals surface area (Å²) in [5.74, 6) is 1.35. The maximum atomic E-state index is 5.65. The summed E-state index contributed by atoms with van der Waals surface area (Å²) in [6, 6.07) is 4.11. The maximum absolute atomic E-state index is 5.65. The van der Waals surface area contributed by atoms with Crippen LogP contribution in [-0.2, 0) is 0 Å². The summed E-state index contributed by atoms with van der Waals surface area (Å²) in [7, 11) is 0. The topological polar surface area (TPSA) is 54.7 Å². The molecule has 3 heteroatoms. The number of nitrogens with one attached hydrogen (secondary N) is 1. The predicted molar refractivity (Wildman–Crippen MR) is 56.0 cm³/mol. The molecule has 0 aliphatic heterocycles. The van der Waals surface area contributed by atoms with Crippen LogP contribution in [0.5, 0.6) is 0 Å². The molecule has 3 nitrogen and oxygen atoms in total. The van der Waals surface area contributed by atoms with E-state index >= 15 is 0 Å². The molecule has 72 valence electrons. The Morgan fingerprint density at radius 2 is 2.50 bits per heavy atom. The number of aromatic nitrogens is 2. The van der Waals surface area contributed by atoms with Crippen molar-refractivity contribution in [2.75, 3.05) is 6.54 Å². The van der Waals surface area contributed by atoms with Crippen LogP contribution in [0, 0.1) is 5.92 Å². The number of aromatic amines is 1. The average molecular weight is 187 g/mol. The van der Waals surface area contributed by atoms with Gasteiger partial charge in [0.05, 0.1) is 0 Å². The number of nitrogens with two attached hydrogens (primary N) is 1. The van der Waals surface area contributed by atoms with Gasteiger partial charge in [-0.1, -0.05) is 0 Å². The lowest BCUT2D eigenvalue weighted by Gasteiger charge is -1.95. The van der Waals surface area contributed by atoms with E-state index in [1.807, 2.05) is 12.3 Å². The Morgan fingerprint density at radius 1 is 1.57 bits per heavy atom. The Labute approximate surface area is 82.3 Å². The van der Waals surface area contributed by atoms with E-state index in [-0.39, 0.29) is 0 Å². The molecule has 1 fully saturated rings. The quantitative estimate of drug-likeness (QED) is 0.750. The molecule has 2 aromatic heterocycles. The second-order valence-electron chi connectivity index (χ2n) is 3.98. The molecule has 3 N–H and O–H groups in total. The summed E-state index contributed by atoms with van der Waals surface area (Å²) in [6.07, 6.45) is 5.13. The molecular formula is C11H13N3. The van der Waals surface area contributed by atoms with E-state index in [1.54, 1.807) is 0 Å². The van der Waals surface area contributed by atoms with Crippen LogP contribution in [0.4, 0.5) is 0 Å². The number of hydrogen-bond donors (Lipinski definition) is 2. The molecule has 1 aliphatic rings. The van der Waals surface area contributed by atoms with Gasteiger partial charge in [-0.15, -0.1) is 0 Å². The molecule has 0 spiro atoms. The summed E-state index contributed by atoms with van der Waals surface area (Å²) in [6.45, 7) is 0.803. The molecule has 1 saturated carbocycles. The van der Waals surface area contributed by atoms with Gasteiger partial charge in [0.25, 0.3) is 0 Å². The number of fused-ring (bicyclic) bond motifs is 1. The Hall–Kier alpha value is -1.35. The molecule has 3 rings (SSSR count). The zero-order chi connectivity index (χ0) is 9.54. The van der Waals surface area contributed by atoms with Crippen LogP contribution in [0.2, 0.25) is 0 Å². The minimum absolute atomic E-state index is 0.665. The Bertz CT molecular complexity index is 460. The van der Waals surface area contributed by atoms with Gasteiger partial charge in [-0.2, -0.15) is 0 Å². The van der Waals surface area contributed by atoms with Gasteiger partial charge < -0.3 is 10.7 Å². The van der Waals surface area contributed by atoms with Gasteiger partial charge in [0.1, 0.15) is 5.65 Å². The van der Waals surface area contributed by atoms with E-state index in [1.165, 1.54) is 17.4 Å². The van der Waals surface area contributed by atoms with E-state index in [0.29, 0.717) is 11.8 Å². The van der Waals surface area contributed by atoms with E-state index < -0.39 is 0 Å². The molecule has 0 unspecified atom stereocenters. The zero-order valence-electron chi connectivity index (χ0n) is 7.90. The van der Waals surface area contributed by atoms with Gasteiger partial charge in [0.2, 0.25) is 0 Å². The molecule has 0 aromatic carbocycles. The van der Waals surface area contributed by atoms with Crippen LogP contribution in [-0.4, -0.2) is 16.5 Å². The third kappa shape index (κ3) is 1.06. The largest absolute Gasteiger partial charge is 0.346 e. The fourth-order valence-corrected chi connectivity index (χ4v) is 2.17. The second kappa shape index (κ2) is 2.82. The third-order valence-corrected chi connectivity index (χ3v) is 3.11. The molecule has 14 heavy (non-hydrogen) atoms. The van der Waals surface area contributed by atoms with Crippen molar-refractivity contribution >= 4 is 11.0 Å². The monoisotopic (exact) mass is 187 g/mol. The lowest BCUT2D eigenvalue weighted by Crippen LogP contribution is -2.01. The van der Waals surface area contributed by atoms with Crippen LogP contribution in [0.25, 0.3) is 11.0 Å². The summed E-state index contributed by atoms with van der Waals surface area (Å²) in [5.41, 5.74) is 8.03. The van der Waals surface area contributed by atoms with Crippen molar-refractivity contribution in [3.05, 3.63) is 30.1 Å². The Morgan fingerprint density at radius 3 is 3.29 bits per heavy atom. The molecule has 0 saturated heterocycles. The van der Waals surface area contributed by atoms with Gasteiger partial charge in [-0.25, -0.2) is 4.98 Å². The first kappa shape index (κ1) is 8.00. The first-order valence-corrected chi connectivity index (χ1v) is 5.02. The summed E-state index contributed by atoms with van der Waals surface area (Å²) >= 11 is 0. The molecule has 1 aliphatic carbocycles. The van der Waals surface area contributed by atoms with Crippen LogP contribution in [0.1, 0.15) is 17.9 Å². The van der Waals surface area contributed by atoms with Crippen molar-refractivity contribution in [3.63, 3.8) is 0 Å². The minimum Gasteiger partial charge on any atom is -0.346 e. The molecule has 0 amide bonds. The highest BCUT2D eigenvalue weighted by Crippen LogP contribution is 2.48. The number of H-pyrrole nitrogens is 1. The van der Waals surface area contributed by atoms with E-state index in [4.69, 9.17) is 5.73 Å². The molecule has 2 atom stereocenters. The molecule has 0 radical (unpaired) electrons. The number of pyridine rings is 1. The normalized spacial score (nSPS) is 25.5. The Kier molecular flexibility index (Phi) is 1.61. The summed E-state index contributed by atoms with van der Waals surface area (Å²) < 4.78 is 0. The first-order chi connectivity index (χ1) is 6.90. The first-order valence-electron chi connectivity index (χ1n) is 5.02. The lowest BCUT2D eigenvalue weighted by molar-refractivity contribution is 0.812. The van der Waals surface area contributed by atoms with Gasteiger partial charge in [0, 0.05) is 17.8 Å². The van der Waals surface area contributed by atoms with Gasteiger partial charge in [-0.05, 0) is 42.5 Å². The van der Waals surface area contributed by atoms with Crippen LogP contribution in [0.3, 0.4) is 0 Å². The zero-order valence-corrected chi connectivity index (χ0v) is 7.90. The Balaban J connectivity index is 2.06. The highest BCUT2D eigenvalue weighted by molar-refractivity contribution is 5.80. The molecule has 2 aromatic rings. The minimum atomic E-state index is 0.665. The molecule has 0 bridgehead atoms. The van der Waals surface area contributed by atoms with Gasteiger partial charge >= 0.3 is 0 Å². The van der Waals surface area contributed by atoms with Crippen molar-refractivity contribution in [3.8, 4) is 0 Å². The van der Waals surface area contributed by atoms with Crippen LogP contribution < -0.4 is 5.73 Å². The smallest absolute Gasteiger partial charge is 0.137 e. The summed E-state index contributed by atoms with van der Waals surface area (Å²) in [4.78, 5) is 7.48. The van der Waals surface area contributed by atoms with Crippen molar-refractivity contribution in [2.45, 2.75) is 12.3 Å². The lowest BCUT2D eigenvalue weighted by atomic mass is 10.1. The SMILES string of the molecule is NC[C@@H]1C[C@H]1c1c[nH]c2ncccc12. The third-order valence-electron chi connectivity index (χ3n) is 3.11. The fraction of sp³-hybridized carbons (Fsp3) is 0.364.